The van der Waals surface area contributed by atoms with Gasteiger partial charge < -0.3 is 0 Å². The molecule has 0 radical (unpaired) electrons. The number of pyridine rings is 1. The maximum Gasteiger partial charge on any atom is 0.174 e. The highest BCUT2D eigenvalue weighted by Crippen LogP contribution is 2.38. The van der Waals surface area contributed by atoms with Gasteiger partial charge in [0.25, 0.3) is 0 Å². The van der Waals surface area contributed by atoms with Crippen LogP contribution in [0.25, 0.3) is 0 Å². The van der Waals surface area contributed by atoms with Gasteiger partial charge in [-0.15, -0.1) is 0 Å². The van der Waals surface area contributed by atoms with Gasteiger partial charge in [0, 0.05) is 12.6 Å². The van der Waals surface area contributed by atoms with Crippen LogP contribution < -0.4 is 0 Å². The topological polar surface area (TPSA) is 40.9 Å². The van der Waals surface area contributed by atoms with Crippen molar-refractivity contribution in [1.29, 1.82) is 0 Å². The van der Waals surface area contributed by atoms with Gasteiger partial charge in [-0.25, -0.2) is 9.38 Å². The summed E-state index contributed by atoms with van der Waals surface area (Å²) in [6, 6.07) is 3.73. The van der Waals surface area contributed by atoms with Crippen molar-refractivity contribution in [3.8, 4) is 0 Å². The normalized spacial score (nSPS) is 25.4. The number of halogens is 1. The van der Waals surface area contributed by atoms with Crippen molar-refractivity contribution in [3.63, 3.8) is 0 Å². The molecule has 0 amide bonds. The summed E-state index contributed by atoms with van der Waals surface area (Å²) in [6.07, 6.45) is 3.49. The third kappa shape index (κ3) is 2.93. The van der Waals surface area contributed by atoms with Crippen molar-refractivity contribution in [2.45, 2.75) is 38.4 Å². The van der Waals surface area contributed by atoms with Gasteiger partial charge in [-0.3, -0.25) is 9.99 Å². The van der Waals surface area contributed by atoms with Crippen LogP contribution in [-0.4, -0.2) is 35.3 Å². The van der Waals surface area contributed by atoms with Crippen LogP contribution in [0.1, 0.15) is 36.6 Å². The highest BCUT2D eigenvalue weighted by atomic mass is 19.1. The van der Waals surface area contributed by atoms with Gasteiger partial charge in [0.1, 0.15) is 6.17 Å². The number of amidine groups is 1. The quantitative estimate of drug-likeness (QED) is 0.631. The summed E-state index contributed by atoms with van der Waals surface area (Å²) in [5.74, 6) is 0.998. The summed E-state index contributed by atoms with van der Waals surface area (Å²) >= 11 is 0. The molecule has 116 valence electrons. The Morgan fingerprint density at radius 1 is 1.45 bits per heavy atom. The molecule has 2 unspecified atom stereocenters. The molecule has 0 N–H and O–H groups in total. The molecule has 4 nitrogen and oxygen atoms in total. The Bertz CT molecular complexity index is 621. The molecule has 0 bridgehead atoms. The molecular weight excluding hydrogens is 279 g/mol. The molecule has 0 aromatic carbocycles. The van der Waals surface area contributed by atoms with Gasteiger partial charge in [-0.1, -0.05) is 12.6 Å². The minimum atomic E-state index is -0.907. The molecular formula is C17H21FN4. The van der Waals surface area contributed by atoms with Crippen LogP contribution in [0.15, 0.2) is 40.6 Å². The Morgan fingerprint density at radius 3 is 2.86 bits per heavy atom. The molecule has 5 heteroatoms. The van der Waals surface area contributed by atoms with Crippen molar-refractivity contribution in [1.82, 2.24) is 9.99 Å². The maximum atomic E-state index is 14.0. The minimum absolute atomic E-state index is 0.153. The highest BCUT2D eigenvalue weighted by Gasteiger charge is 2.35. The van der Waals surface area contributed by atoms with Gasteiger partial charge in [0.2, 0.25) is 0 Å². The lowest BCUT2D eigenvalue weighted by molar-refractivity contribution is 0.253. The SMILES string of the molecule is C=N/C(=N\N1CC(F)CC1c1ncccc1C)C(=C)C1CC1. The summed E-state index contributed by atoms with van der Waals surface area (Å²) in [7, 11) is 0. The van der Waals surface area contributed by atoms with E-state index < -0.39 is 6.17 Å². The fraction of sp³-hybridized carbons (Fsp3) is 0.471. The smallest absolute Gasteiger partial charge is 0.174 e. The van der Waals surface area contributed by atoms with E-state index >= 15 is 0 Å². The number of hydrogen-bond donors (Lipinski definition) is 0. The van der Waals surface area contributed by atoms with Gasteiger partial charge in [0.05, 0.1) is 18.3 Å². The van der Waals surface area contributed by atoms with E-state index in [1.165, 1.54) is 0 Å². The van der Waals surface area contributed by atoms with Crippen molar-refractivity contribution in [3.05, 3.63) is 41.7 Å². The maximum absolute atomic E-state index is 14.0. The van der Waals surface area contributed by atoms with Crippen molar-refractivity contribution in [2.24, 2.45) is 16.0 Å². The summed E-state index contributed by atoms with van der Waals surface area (Å²) < 4.78 is 14.0. The van der Waals surface area contributed by atoms with Crippen molar-refractivity contribution in [2.75, 3.05) is 6.54 Å². The molecule has 2 aliphatic rings. The Balaban J connectivity index is 1.88. The average Bonchev–Trinajstić information content (AvgIpc) is 3.29. The molecule has 1 aromatic rings. The van der Waals surface area contributed by atoms with E-state index in [1.54, 1.807) is 11.2 Å². The third-order valence-electron chi connectivity index (χ3n) is 4.32. The van der Waals surface area contributed by atoms with E-state index in [9.17, 15) is 4.39 Å². The summed E-state index contributed by atoms with van der Waals surface area (Å²) in [6.45, 7) is 9.91. The molecule has 2 fully saturated rings. The Labute approximate surface area is 130 Å². The first-order valence-corrected chi connectivity index (χ1v) is 7.67. The molecule has 1 saturated carbocycles. The van der Waals surface area contributed by atoms with E-state index in [0.717, 1.165) is 29.7 Å². The first-order valence-electron chi connectivity index (χ1n) is 7.67. The van der Waals surface area contributed by atoms with Crippen LogP contribution in [0.5, 0.6) is 0 Å². The van der Waals surface area contributed by atoms with E-state index in [4.69, 9.17) is 0 Å². The zero-order valence-electron chi connectivity index (χ0n) is 12.9. The van der Waals surface area contributed by atoms with E-state index in [-0.39, 0.29) is 12.6 Å². The monoisotopic (exact) mass is 300 g/mol. The third-order valence-corrected chi connectivity index (χ3v) is 4.32. The average molecular weight is 300 g/mol. The lowest BCUT2D eigenvalue weighted by Crippen LogP contribution is -2.22. The number of nitrogens with zero attached hydrogens (tertiary/aromatic N) is 4. The number of aliphatic imine (C=N–C) groups is 1. The Morgan fingerprint density at radius 2 is 2.23 bits per heavy atom. The Hall–Kier alpha value is -2.04. The van der Waals surface area contributed by atoms with Gasteiger partial charge in [0.15, 0.2) is 5.84 Å². The van der Waals surface area contributed by atoms with Gasteiger partial charge in [-0.2, -0.15) is 5.10 Å². The van der Waals surface area contributed by atoms with Gasteiger partial charge >= 0.3 is 0 Å². The number of aromatic nitrogens is 1. The predicted molar refractivity (Wildman–Crippen MR) is 86.8 cm³/mol. The molecule has 3 rings (SSSR count). The molecule has 1 aliphatic carbocycles. The second-order valence-electron chi connectivity index (χ2n) is 6.06. The zero-order valence-corrected chi connectivity index (χ0v) is 12.9. The first kappa shape index (κ1) is 14.9. The standard InChI is InChI=1S/C17H21FN4/c1-11-5-4-8-20-16(11)15-9-14(18)10-22(15)21-17(19-3)12(2)13-6-7-13/h4-5,8,13-15H,2-3,6-7,9-10H2,1H3/b21-17-. The number of alkyl halides is 1. The fourth-order valence-corrected chi connectivity index (χ4v) is 2.91. The van der Waals surface area contributed by atoms with Crippen LogP contribution in [0.3, 0.4) is 0 Å². The number of hydrogen-bond acceptors (Lipinski definition) is 3. The predicted octanol–water partition coefficient (Wildman–Crippen LogP) is 3.46. The molecule has 1 aliphatic heterocycles. The molecule has 0 spiro atoms. The van der Waals surface area contributed by atoms with Crippen LogP contribution in [0, 0.1) is 12.8 Å². The van der Waals surface area contributed by atoms with E-state index in [2.05, 4.69) is 28.4 Å². The van der Waals surface area contributed by atoms with E-state index in [0.29, 0.717) is 18.2 Å². The second-order valence-corrected chi connectivity index (χ2v) is 6.06. The van der Waals surface area contributed by atoms with Crippen LogP contribution in [0.4, 0.5) is 4.39 Å². The molecule has 1 saturated heterocycles. The summed E-state index contributed by atoms with van der Waals surface area (Å²) in [5.41, 5.74) is 2.84. The molecule has 22 heavy (non-hydrogen) atoms. The minimum Gasteiger partial charge on any atom is -0.283 e. The molecule has 1 aromatic heterocycles. The largest absolute Gasteiger partial charge is 0.283 e. The second kappa shape index (κ2) is 5.99. The number of aryl methyl sites for hydroxylation is 1. The summed E-state index contributed by atoms with van der Waals surface area (Å²) in [5, 5.41) is 6.31. The van der Waals surface area contributed by atoms with Crippen molar-refractivity contribution < 1.29 is 4.39 Å². The number of rotatable bonds is 4. The zero-order chi connectivity index (χ0) is 15.7. The fourth-order valence-electron chi connectivity index (χ4n) is 2.91. The highest BCUT2D eigenvalue weighted by molar-refractivity contribution is 6.01. The van der Waals surface area contributed by atoms with Crippen molar-refractivity contribution >= 4 is 12.6 Å². The first-order chi connectivity index (χ1) is 10.6. The Kier molecular flexibility index (Phi) is 4.05. The lowest BCUT2D eigenvalue weighted by atomic mass is 10.1. The molecule has 2 atom stereocenters. The van der Waals surface area contributed by atoms with Crippen LogP contribution in [0.2, 0.25) is 0 Å². The number of hydrazone groups is 1. The van der Waals surface area contributed by atoms with E-state index in [1.807, 2.05) is 19.1 Å². The van der Waals surface area contributed by atoms with Crippen LogP contribution >= 0.6 is 0 Å². The van der Waals surface area contributed by atoms with Gasteiger partial charge in [-0.05, 0) is 49.6 Å². The summed E-state index contributed by atoms with van der Waals surface area (Å²) in [4.78, 5) is 8.43. The van der Waals surface area contributed by atoms with Crippen LogP contribution in [-0.2, 0) is 0 Å². The lowest BCUT2D eigenvalue weighted by Gasteiger charge is -2.22. The molecule has 2 heterocycles.